The number of benzene rings is 1. The van der Waals surface area contributed by atoms with Gasteiger partial charge in [0.2, 0.25) is 5.91 Å². The van der Waals surface area contributed by atoms with Crippen molar-refractivity contribution in [2.45, 2.75) is 45.0 Å². The Kier molecular flexibility index (Phi) is 8.92. The highest BCUT2D eigenvalue weighted by molar-refractivity contribution is 7.99. The van der Waals surface area contributed by atoms with Crippen LogP contribution in [-0.4, -0.2) is 39.5 Å². The minimum Gasteiger partial charge on any atom is -0.481 e. The van der Waals surface area contributed by atoms with Crippen LogP contribution in [0.1, 0.15) is 47.9 Å². The lowest BCUT2D eigenvalue weighted by molar-refractivity contribution is -0.113. The highest BCUT2D eigenvalue weighted by Crippen LogP contribution is 2.31. The summed E-state index contributed by atoms with van der Waals surface area (Å²) in [4.78, 5) is 25.6. The summed E-state index contributed by atoms with van der Waals surface area (Å²) >= 11 is 8.62. The lowest BCUT2D eigenvalue weighted by Gasteiger charge is -2.16. The van der Waals surface area contributed by atoms with E-state index >= 15 is 0 Å². The number of rotatable bonds is 10. The lowest BCUT2D eigenvalue weighted by Crippen LogP contribution is -2.16. The normalized spacial score (nSPS) is 11.8. The Morgan fingerprint density at radius 1 is 1.29 bits per heavy atom. The quantitative estimate of drug-likeness (QED) is 0.280. The van der Waals surface area contributed by atoms with Gasteiger partial charge in [0.05, 0.1) is 23.4 Å². The van der Waals surface area contributed by atoms with Crippen molar-refractivity contribution in [3.8, 4) is 5.75 Å². The number of nitrogens with zero attached hydrogens (tertiary/aromatic N) is 3. The van der Waals surface area contributed by atoms with Crippen molar-refractivity contribution in [2.24, 2.45) is 0 Å². The van der Waals surface area contributed by atoms with Crippen LogP contribution in [0.2, 0.25) is 5.02 Å². The zero-order valence-corrected chi connectivity index (χ0v) is 21.4. The standard InChI is InChI=1S/C22H24ClFN4O4S2/c1-5-14-10-15(21(30)31-4)20(34-14)25-18(29)11-33-22-27-26-19(28(22)6-2)12(3)32-17-8-7-13(24)9-16(17)23/h7-10,12H,5-6,11H2,1-4H3,(H,25,29). The number of nitrogens with one attached hydrogen (secondary N) is 1. The third-order valence-corrected chi connectivity index (χ3v) is 7.20. The van der Waals surface area contributed by atoms with Crippen molar-refractivity contribution in [1.82, 2.24) is 14.8 Å². The Labute approximate surface area is 209 Å². The van der Waals surface area contributed by atoms with Gasteiger partial charge in [0.25, 0.3) is 0 Å². The summed E-state index contributed by atoms with van der Waals surface area (Å²) in [6.07, 6.45) is 0.227. The number of amides is 1. The molecule has 12 heteroatoms. The largest absolute Gasteiger partial charge is 0.481 e. The molecule has 3 rings (SSSR count). The van der Waals surface area contributed by atoms with Crippen molar-refractivity contribution >= 4 is 51.6 Å². The fourth-order valence-electron chi connectivity index (χ4n) is 3.08. The van der Waals surface area contributed by atoms with Crippen molar-refractivity contribution in [1.29, 1.82) is 0 Å². The van der Waals surface area contributed by atoms with Crippen LogP contribution >= 0.6 is 34.7 Å². The summed E-state index contributed by atoms with van der Waals surface area (Å²) in [5.74, 6) is -0.287. The number of aryl methyl sites for hydroxylation is 1. The van der Waals surface area contributed by atoms with Gasteiger partial charge >= 0.3 is 5.97 Å². The summed E-state index contributed by atoms with van der Waals surface area (Å²) in [6.45, 7) is 6.23. The monoisotopic (exact) mass is 526 g/mol. The maximum absolute atomic E-state index is 13.3. The molecule has 1 unspecified atom stereocenters. The van der Waals surface area contributed by atoms with Gasteiger partial charge in [-0.05, 0) is 44.5 Å². The van der Waals surface area contributed by atoms with E-state index in [1.54, 1.807) is 13.0 Å². The van der Waals surface area contributed by atoms with E-state index in [-0.39, 0.29) is 16.7 Å². The lowest BCUT2D eigenvalue weighted by atomic mass is 10.2. The SMILES string of the molecule is CCc1cc(C(=O)OC)c(NC(=O)CSc2nnc(C(C)Oc3ccc(F)cc3Cl)n2CC)s1. The predicted molar refractivity (Wildman–Crippen MR) is 131 cm³/mol. The van der Waals surface area contributed by atoms with Crippen molar-refractivity contribution < 1.29 is 23.5 Å². The molecule has 0 fully saturated rings. The topological polar surface area (TPSA) is 95.3 Å². The molecule has 0 radical (unpaired) electrons. The third kappa shape index (κ3) is 6.08. The summed E-state index contributed by atoms with van der Waals surface area (Å²) in [6, 6.07) is 5.63. The Balaban J connectivity index is 1.67. The van der Waals surface area contributed by atoms with Crippen LogP contribution in [0.3, 0.4) is 0 Å². The maximum Gasteiger partial charge on any atom is 0.340 e. The van der Waals surface area contributed by atoms with Crippen LogP contribution in [0.25, 0.3) is 0 Å². The molecule has 2 heterocycles. The van der Waals surface area contributed by atoms with Crippen LogP contribution in [0.5, 0.6) is 5.75 Å². The fraction of sp³-hybridized carbons (Fsp3) is 0.364. The Morgan fingerprint density at radius 2 is 2.06 bits per heavy atom. The number of halogens is 2. The molecule has 1 amide bonds. The molecular formula is C22H24ClFN4O4S2. The van der Waals surface area contributed by atoms with E-state index in [4.69, 9.17) is 21.1 Å². The number of carbonyl (C=O) groups excluding carboxylic acids is 2. The van der Waals surface area contributed by atoms with Crippen LogP contribution < -0.4 is 10.1 Å². The van der Waals surface area contributed by atoms with Gasteiger partial charge in [0.15, 0.2) is 17.1 Å². The van der Waals surface area contributed by atoms with Gasteiger partial charge in [-0.25, -0.2) is 9.18 Å². The van der Waals surface area contributed by atoms with E-state index in [2.05, 4.69) is 15.5 Å². The van der Waals surface area contributed by atoms with Crippen LogP contribution in [0.15, 0.2) is 29.4 Å². The smallest absolute Gasteiger partial charge is 0.340 e. The van der Waals surface area contributed by atoms with E-state index in [1.807, 2.05) is 18.4 Å². The number of hydrogen-bond acceptors (Lipinski definition) is 8. The van der Waals surface area contributed by atoms with E-state index in [0.717, 1.165) is 11.3 Å². The molecule has 34 heavy (non-hydrogen) atoms. The number of thioether (sulfide) groups is 1. The van der Waals surface area contributed by atoms with Crippen molar-refractivity contribution in [3.63, 3.8) is 0 Å². The second-order valence-corrected chi connectivity index (χ2v) is 9.54. The van der Waals surface area contributed by atoms with Crippen LogP contribution in [0.4, 0.5) is 9.39 Å². The molecule has 0 bridgehead atoms. The van der Waals surface area contributed by atoms with E-state index in [9.17, 15) is 14.0 Å². The highest BCUT2D eigenvalue weighted by atomic mass is 35.5. The van der Waals surface area contributed by atoms with Gasteiger partial charge in [-0.2, -0.15) is 0 Å². The Morgan fingerprint density at radius 3 is 2.71 bits per heavy atom. The zero-order chi connectivity index (χ0) is 24.8. The Bertz CT molecular complexity index is 1180. The average molecular weight is 527 g/mol. The molecule has 3 aromatic rings. The van der Waals surface area contributed by atoms with Gasteiger partial charge in [0, 0.05) is 11.4 Å². The second kappa shape index (κ2) is 11.7. The zero-order valence-electron chi connectivity index (χ0n) is 19.1. The average Bonchev–Trinajstić information content (AvgIpc) is 3.42. The third-order valence-electron chi connectivity index (χ3n) is 4.75. The molecule has 8 nitrogen and oxygen atoms in total. The first-order chi connectivity index (χ1) is 16.3. The Hall–Kier alpha value is -2.63. The minimum absolute atomic E-state index is 0.0666. The van der Waals surface area contributed by atoms with Gasteiger partial charge in [-0.3, -0.25) is 4.79 Å². The highest BCUT2D eigenvalue weighted by Gasteiger charge is 2.22. The van der Waals surface area contributed by atoms with Crippen LogP contribution in [0, 0.1) is 5.82 Å². The number of ether oxygens (including phenoxy) is 2. The summed E-state index contributed by atoms with van der Waals surface area (Å²) in [5, 5.41) is 12.4. The molecule has 0 aliphatic heterocycles. The summed E-state index contributed by atoms with van der Waals surface area (Å²) in [7, 11) is 1.30. The first-order valence-corrected chi connectivity index (χ1v) is 12.6. The van der Waals surface area contributed by atoms with Crippen molar-refractivity contribution in [2.75, 3.05) is 18.2 Å². The number of hydrogen-bond donors (Lipinski definition) is 1. The fourth-order valence-corrected chi connectivity index (χ4v) is 5.10. The number of aromatic nitrogens is 3. The molecule has 1 N–H and O–H groups in total. The molecule has 0 saturated heterocycles. The summed E-state index contributed by atoms with van der Waals surface area (Å²) < 4.78 is 25.8. The second-order valence-electron chi connectivity index (χ2n) is 7.06. The van der Waals surface area contributed by atoms with E-state index < -0.39 is 17.9 Å². The van der Waals surface area contributed by atoms with Crippen molar-refractivity contribution in [3.05, 3.63) is 51.4 Å². The molecule has 2 aromatic heterocycles. The van der Waals surface area contributed by atoms with Gasteiger partial charge in [-0.15, -0.1) is 21.5 Å². The molecule has 182 valence electrons. The van der Waals surface area contributed by atoms with Gasteiger partial charge in [0.1, 0.15) is 16.6 Å². The molecule has 1 atom stereocenters. The first-order valence-electron chi connectivity index (χ1n) is 10.5. The molecule has 0 spiro atoms. The maximum atomic E-state index is 13.3. The molecular weight excluding hydrogens is 503 g/mol. The molecule has 1 aromatic carbocycles. The number of thiophene rings is 1. The predicted octanol–water partition coefficient (Wildman–Crippen LogP) is 5.37. The van der Waals surface area contributed by atoms with E-state index in [0.29, 0.717) is 33.8 Å². The molecule has 0 saturated carbocycles. The number of esters is 1. The molecule has 0 aliphatic rings. The van der Waals surface area contributed by atoms with Gasteiger partial charge in [-0.1, -0.05) is 30.3 Å². The van der Waals surface area contributed by atoms with E-state index in [1.165, 1.54) is 48.4 Å². The number of anilines is 1. The minimum atomic E-state index is -0.514. The number of methoxy groups -OCH3 is 1. The summed E-state index contributed by atoms with van der Waals surface area (Å²) in [5.41, 5.74) is 0.340. The van der Waals surface area contributed by atoms with Gasteiger partial charge < -0.3 is 19.4 Å². The number of carbonyl (C=O) groups is 2. The first kappa shape index (κ1) is 26.0. The van der Waals surface area contributed by atoms with Crippen LogP contribution in [-0.2, 0) is 22.5 Å². The molecule has 0 aliphatic carbocycles.